The van der Waals surface area contributed by atoms with Crippen molar-refractivity contribution < 1.29 is 14.7 Å². The van der Waals surface area contributed by atoms with Crippen LogP contribution in [0.4, 0.5) is 0 Å². The lowest BCUT2D eigenvalue weighted by molar-refractivity contribution is -0.139. The van der Waals surface area contributed by atoms with Crippen molar-refractivity contribution >= 4 is 11.9 Å². The molecule has 0 fully saturated rings. The van der Waals surface area contributed by atoms with Crippen LogP contribution in [-0.4, -0.2) is 43.2 Å². The van der Waals surface area contributed by atoms with Crippen LogP contribution in [0.5, 0.6) is 0 Å². The van der Waals surface area contributed by atoms with Gasteiger partial charge in [-0.15, -0.1) is 10.2 Å². The summed E-state index contributed by atoms with van der Waals surface area (Å²) < 4.78 is 1.74. The molecule has 3 aromatic rings. The van der Waals surface area contributed by atoms with E-state index >= 15 is 0 Å². The van der Waals surface area contributed by atoms with E-state index in [1.165, 1.54) is 0 Å². The molecular formula is C19H16N4O3. The molecule has 26 heavy (non-hydrogen) atoms. The van der Waals surface area contributed by atoms with Gasteiger partial charge in [0, 0.05) is 24.3 Å². The second-order valence-electron chi connectivity index (χ2n) is 6.19. The van der Waals surface area contributed by atoms with Crippen LogP contribution in [0.3, 0.4) is 0 Å². The van der Waals surface area contributed by atoms with Gasteiger partial charge in [0.15, 0.2) is 0 Å². The van der Waals surface area contributed by atoms with Crippen LogP contribution in [0.25, 0.3) is 5.69 Å². The van der Waals surface area contributed by atoms with Gasteiger partial charge in [0.2, 0.25) is 0 Å². The van der Waals surface area contributed by atoms with E-state index in [2.05, 4.69) is 10.2 Å². The van der Waals surface area contributed by atoms with Crippen LogP contribution in [0.1, 0.15) is 27.4 Å². The molecule has 1 aromatic heterocycles. The number of carboxylic acid groups (broad SMARTS) is 1. The lowest BCUT2D eigenvalue weighted by Crippen LogP contribution is -2.40. The highest BCUT2D eigenvalue weighted by Crippen LogP contribution is 2.29. The van der Waals surface area contributed by atoms with E-state index in [9.17, 15) is 14.7 Å². The Kier molecular flexibility index (Phi) is 3.96. The predicted molar refractivity (Wildman–Crippen MR) is 92.9 cm³/mol. The maximum Gasteiger partial charge on any atom is 0.312 e. The molecule has 2 heterocycles. The molecule has 7 nitrogen and oxygen atoms in total. The van der Waals surface area contributed by atoms with Crippen molar-refractivity contribution in [3.63, 3.8) is 0 Å². The number of hydrogen-bond donors (Lipinski definition) is 1. The van der Waals surface area contributed by atoms with Crippen molar-refractivity contribution in [2.75, 3.05) is 6.54 Å². The summed E-state index contributed by atoms with van der Waals surface area (Å²) in [4.78, 5) is 26.1. The maximum atomic E-state index is 12.9. The third kappa shape index (κ3) is 2.83. The van der Waals surface area contributed by atoms with E-state index in [0.29, 0.717) is 12.1 Å². The van der Waals surface area contributed by atoms with Gasteiger partial charge in [-0.1, -0.05) is 24.3 Å². The minimum atomic E-state index is -0.919. The van der Waals surface area contributed by atoms with Gasteiger partial charge in [-0.25, -0.2) is 0 Å². The van der Waals surface area contributed by atoms with E-state index in [-0.39, 0.29) is 12.5 Å². The molecule has 4 rings (SSSR count). The van der Waals surface area contributed by atoms with E-state index in [0.717, 1.165) is 16.8 Å². The number of nitrogens with zero attached hydrogens (tertiary/aromatic N) is 4. The summed E-state index contributed by atoms with van der Waals surface area (Å²) >= 11 is 0. The van der Waals surface area contributed by atoms with Gasteiger partial charge in [0.05, 0.1) is 5.92 Å². The van der Waals surface area contributed by atoms with Crippen LogP contribution in [0.2, 0.25) is 0 Å². The van der Waals surface area contributed by atoms with Crippen molar-refractivity contribution in [3.05, 3.63) is 77.9 Å². The number of amides is 1. The molecule has 1 N–H and O–H groups in total. The summed E-state index contributed by atoms with van der Waals surface area (Å²) in [7, 11) is 0. The number of rotatable bonds is 3. The topological polar surface area (TPSA) is 88.3 Å². The number of fused-ring (bicyclic) bond motifs is 1. The zero-order chi connectivity index (χ0) is 18.1. The van der Waals surface area contributed by atoms with Crippen molar-refractivity contribution in [2.24, 2.45) is 0 Å². The Morgan fingerprint density at radius 1 is 1.00 bits per heavy atom. The Bertz CT molecular complexity index is 951. The Labute approximate surface area is 149 Å². The monoisotopic (exact) mass is 348 g/mol. The number of aliphatic carboxylic acids is 1. The molecular weight excluding hydrogens is 332 g/mol. The summed E-state index contributed by atoms with van der Waals surface area (Å²) in [6, 6.07) is 14.5. The molecule has 1 atom stereocenters. The van der Waals surface area contributed by atoms with Gasteiger partial charge < -0.3 is 10.0 Å². The van der Waals surface area contributed by atoms with Crippen LogP contribution < -0.4 is 0 Å². The van der Waals surface area contributed by atoms with E-state index in [1.54, 1.807) is 34.3 Å². The lowest BCUT2D eigenvalue weighted by atomic mass is 9.89. The number of hydrogen-bond acceptors (Lipinski definition) is 4. The Morgan fingerprint density at radius 3 is 2.38 bits per heavy atom. The second kappa shape index (κ2) is 6.44. The fourth-order valence-electron chi connectivity index (χ4n) is 3.27. The molecule has 0 radical (unpaired) electrons. The quantitative estimate of drug-likeness (QED) is 0.783. The Hall–Kier alpha value is -3.48. The fourth-order valence-corrected chi connectivity index (χ4v) is 3.27. The first kappa shape index (κ1) is 16.0. The Balaban J connectivity index is 1.59. The third-order valence-corrected chi connectivity index (χ3v) is 4.61. The predicted octanol–water partition coefficient (Wildman–Crippen LogP) is 2.09. The number of carbonyl (C=O) groups excluding carboxylic acids is 1. The molecule has 130 valence electrons. The van der Waals surface area contributed by atoms with E-state index in [4.69, 9.17) is 0 Å². The minimum absolute atomic E-state index is 0.165. The normalized spacial score (nSPS) is 16.2. The first-order chi connectivity index (χ1) is 12.6. The van der Waals surface area contributed by atoms with Gasteiger partial charge in [-0.2, -0.15) is 0 Å². The number of carboxylic acids is 1. The van der Waals surface area contributed by atoms with E-state index < -0.39 is 11.9 Å². The summed E-state index contributed by atoms with van der Waals surface area (Å²) in [6.07, 6.45) is 3.16. The molecule has 1 aliphatic rings. The van der Waals surface area contributed by atoms with Crippen molar-refractivity contribution in [1.82, 2.24) is 19.7 Å². The summed E-state index contributed by atoms with van der Waals surface area (Å²) in [6.45, 7) is 0.574. The maximum absolute atomic E-state index is 12.9. The van der Waals surface area contributed by atoms with Gasteiger partial charge >= 0.3 is 5.97 Å². The van der Waals surface area contributed by atoms with Gasteiger partial charge in [0.25, 0.3) is 5.91 Å². The average molecular weight is 348 g/mol. The Morgan fingerprint density at radius 2 is 1.69 bits per heavy atom. The SMILES string of the molecule is O=C(O)C1CN(C(=O)c2ccc(-n3cnnc3)cc2)Cc2ccccc21. The largest absolute Gasteiger partial charge is 0.481 e. The van der Waals surface area contributed by atoms with Crippen molar-refractivity contribution in [2.45, 2.75) is 12.5 Å². The number of benzene rings is 2. The molecule has 1 unspecified atom stereocenters. The molecule has 0 saturated heterocycles. The molecule has 0 bridgehead atoms. The third-order valence-electron chi connectivity index (χ3n) is 4.61. The van der Waals surface area contributed by atoms with Crippen LogP contribution >= 0.6 is 0 Å². The second-order valence-corrected chi connectivity index (χ2v) is 6.19. The zero-order valence-corrected chi connectivity index (χ0v) is 13.8. The lowest BCUT2D eigenvalue weighted by Gasteiger charge is -2.33. The average Bonchev–Trinajstić information content (AvgIpc) is 3.21. The van der Waals surface area contributed by atoms with Crippen molar-refractivity contribution in [1.29, 1.82) is 0 Å². The summed E-state index contributed by atoms with van der Waals surface area (Å²) in [5.74, 6) is -1.81. The molecule has 7 heteroatoms. The van der Waals surface area contributed by atoms with Crippen LogP contribution in [0.15, 0.2) is 61.2 Å². The van der Waals surface area contributed by atoms with Gasteiger partial charge in [-0.05, 0) is 35.4 Å². The number of carbonyl (C=O) groups is 2. The summed E-state index contributed by atoms with van der Waals surface area (Å²) in [5, 5.41) is 17.1. The minimum Gasteiger partial charge on any atom is -0.481 e. The van der Waals surface area contributed by atoms with Crippen LogP contribution in [-0.2, 0) is 11.3 Å². The molecule has 1 aliphatic heterocycles. The molecule has 1 amide bonds. The van der Waals surface area contributed by atoms with Crippen LogP contribution in [0, 0.1) is 0 Å². The number of aromatic nitrogens is 3. The van der Waals surface area contributed by atoms with Gasteiger partial charge in [0.1, 0.15) is 12.7 Å². The zero-order valence-electron chi connectivity index (χ0n) is 13.8. The first-order valence-electron chi connectivity index (χ1n) is 8.18. The summed E-state index contributed by atoms with van der Waals surface area (Å²) in [5.41, 5.74) is 3.02. The fraction of sp³-hybridized carbons (Fsp3) is 0.158. The highest BCUT2D eigenvalue weighted by atomic mass is 16.4. The van der Waals surface area contributed by atoms with Gasteiger partial charge in [-0.3, -0.25) is 14.2 Å². The van der Waals surface area contributed by atoms with Crippen molar-refractivity contribution in [3.8, 4) is 5.69 Å². The standard InChI is InChI=1S/C19H16N4O3/c24-18(13-5-7-15(8-6-13)23-11-20-21-12-23)22-9-14-3-1-2-4-16(14)17(10-22)19(25)26/h1-8,11-12,17H,9-10H2,(H,25,26). The highest BCUT2D eigenvalue weighted by Gasteiger charge is 2.32. The first-order valence-corrected chi connectivity index (χ1v) is 8.18. The van der Waals surface area contributed by atoms with E-state index in [1.807, 2.05) is 36.4 Å². The molecule has 0 aliphatic carbocycles. The highest BCUT2D eigenvalue weighted by molar-refractivity contribution is 5.95. The smallest absolute Gasteiger partial charge is 0.312 e. The molecule has 0 saturated carbocycles. The molecule has 2 aromatic carbocycles. The molecule has 0 spiro atoms.